The number of benzene rings is 2. The average molecular weight is 414 g/mol. The summed E-state index contributed by atoms with van der Waals surface area (Å²) >= 11 is 1.64. The first kappa shape index (κ1) is 20.8. The molecule has 0 unspecified atom stereocenters. The van der Waals surface area contributed by atoms with Crippen LogP contribution in [-0.4, -0.2) is 39.4 Å². The number of hydrogen-bond acceptors (Lipinski definition) is 7. The lowest BCUT2D eigenvalue weighted by atomic mass is 10.1. The highest BCUT2D eigenvalue weighted by atomic mass is 32.1. The second-order valence-corrected chi connectivity index (χ2v) is 7.29. The summed E-state index contributed by atoms with van der Waals surface area (Å²) in [5, 5.41) is 2.09. The number of nitrogens with zero attached hydrogens (tertiary/aromatic N) is 2. The normalized spacial score (nSPS) is 12.9. The molecule has 7 heteroatoms. The number of anilines is 2. The fourth-order valence-electron chi connectivity index (χ4n) is 3.27. The highest BCUT2D eigenvalue weighted by molar-refractivity contribution is 7.07. The summed E-state index contributed by atoms with van der Waals surface area (Å²) < 4.78 is 15.3. The van der Waals surface area contributed by atoms with E-state index in [1.807, 2.05) is 5.51 Å². The summed E-state index contributed by atoms with van der Waals surface area (Å²) in [6.45, 7) is 2.41. The van der Waals surface area contributed by atoms with Gasteiger partial charge in [0.2, 0.25) is 5.75 Å². The van der Waals surface area contributed by atoms with Gasteiger partial charge in [-0.1, -0.05) is 12.1 Å². The third-order valence-electron chi connectivity index (χ3n) is 4.75. The van der Waals surface area contributed by atoms with Gasteiger partial charge in [0, 0.05) is 47.5 Å². The van der Waals surface area contributed by atoms with Crippen LogP contribution >= 0.6 is 11.3 Å². The minimum atomic E-state index is 0.555. The van der Waals surface area contributed by atoms with Crippen molar-refractivity contribution < 1.29 is 14.2 Å². The maximum absolute atomic E-state index is 5.62. The highest BCUT2D eigenvalue weighted by Crippen LogP contribution is 2.38. The Morgan fingerprint density at radius 2 is 1.55 bits per heavy atom. The van der Waals surface area contributed by atoms with Crippen molar-refractivity contribution in [3.05, 3.63) is 47.3 Å². The number of ether oxygens (including phenoxy) is 3. The predicted octanol–water partition coefficient (Wildman–Crippen LogP) is 4.70. The van der Waals surface area contributed by atoms with Crippen molar-refractivity contribution in [2.45, 2.75) is 12.8 Å². The molecular weight excluding hydrogens is 386 g/mol. The number of nitrogen functional groups attached to an aromatic ring is 1. The Morgan fingerprint density at radius 3 is 2.03 bits per heavy atom. The average Bonchev–Trinajstić information content (AvgIpc) is 3.48. The molecule has 1 aromatic heterocycles. The number of rotatable bonds is 5. The van der Waals surface area contributed by atoms with Crippen molar-refractivity contribution >= 4 is 22.7 Å². The Bertz CT molecular complexity index is 867. The van der Waals surface area contributed by atoms with E-state index >= 15 is 0 Å². The molecule has 2 aromatic carbocycles. The number of methoxy groups -OCH3 is 3. The van der Waals surface area contributed by atoms with Crippen molar-refractivity contribution in [1.82, 2.24) is 4.98 Å². The number of hydrogen-bond donors (Lipinski definition) is 1. The summed E-state index contributed by atoms with van der Waals surface area (Å²) in [4.78, 5) is 6.77. The largest absolute Gasteiger partial charge is 0.493 e. The molecule has 0 amide bonds. The van der Waals surface area contributed by atoms with Gasteiger partial charge in [-0.2, -0.15) is 0 Å². The van der Waals surface area contributed by atoms with Crippen LogP contribution in [-0.2, 0) is 0 Å². The van der Waals surface area contributed by atoms with E-state index in [-0.39, 0.29) is 0 Å². The van der Waals surface area contributed by atoms with Gasteiger partial charge in [0.05, 0.1) is 32.5 Å². The van der Waals surface area contributed by atoms with Gasteiger partial charge in [-0.3, -0.25) is 0 Å². The van der Waals surface area contributed by atoms with Crippen LogP contribution in [0, 0.1) is 0 Å². The predicted molar refractivity (Wildman–Crippen MR) is 120 cm³/mol. The van der Waals surface area contributed by atoms with Gasteiger partial charge in [0.1, 0.15) is 0 Å². The van der Waals surface area contributed by atoms with Gasteiger partial charge >= 0.3 is 0 Å². The Hall–Kier alpha value is -2.93. The summed E-state index contributed by atoms with van der Waals surface area (Å²) in [5.74, 6) is 1.69. The third-order valence-corrected chi connectivity index (χ3v) is 5.34. The molecule has 0 atom stereocenters. The van der Waals surface area contributed by atoms with Gasteiger partial charge in [0.15, 0.2) is 11.5 Å². The van der Waals surface area contributed by atoms with Crippen LogP contribution < -0.4 is 24.8 Å². The van der Waals surface area contributed by atoms with Gasteiger partial charge in [-0.25, -0.2) is 4.98 Å². The Labute approximate surface area is 175 Å². The smallest absolute Gasteiger partial charge is 0.203 e. The minimum Gasteiger partial charge on any atom is -0.493 e. The lowest BCUT2D eigenvalue weighted by Gasteiger charge is -2.17. The molecule has 0 aliphatic carbocycles. The first-order valence-electron chi connectivity index (χ1n) is 9.45. The number of aromatic nitrogens is 1. The third kappa shape index (κ3) is 5.12. The lowest BCUT2D eigenvalue weighted by molar-refractivity contribution is 0.325. The maximum Gasteiger partial charge on any atom is 0.203 e. The van der Waals surface area contributed by atoms with Crippen molar-refractivity contribution in [2.75, 3.05) is 45.1 Å². The molecule has 1 fully saturated rings. The molecule has 0 spiro atoms. The summed E-state index contributed by atoms with van der Waals surface area (Å²) in [7, 11) is 4.66. The van der Waals surface area contributed by atoms with Crippen LogP contribution in [0.25, 0.3) is 11.3 Å². The summed E-state index contributed by atoms with van der Waals surface area (Å²) in [5.41, 5.74) is 11.7. The molecular formula is C22H27N3O3S. The molecule has 1 saturated heterocycles. The van der Waals surface area contributed by atoms with E-state index in [1.165, 1.54) is 37.2 Å². The van der Waals surface area contributed by atoms with E-state index in [1.54, 1.807) is 44.8 Å². The molecule has 29 heavy (non-hydrogen) atoms. The fraction of sp³-hybridized carbons (Fsp3) is 0.318. The lowest BCUT2D eigenvalue weighted by Crippen LogP contribution is -2.17. The van der Waals surface area contributed by atoms with Gasteiger partial charge in [-0.15, -0.1) is 11.3 Å². The molecule has 3 aromatic rings. The fourth-order valence-corrected chi connectivity index (χ4v) is 3.84. The summed E-state index contributed by atoms with van der Waals surface area (Å²) in [6, 6.07) is 12.1. The van der Waals surface area contributed by atoms with E-state index in [2.05, 4.69) is 39.5 Å². The van der Waals surface area contributed by atoms with E-state index in [0.717, 1.165) is 5.69 Å². The highest BCUT2D eigenvalue weighted by Gasteiger charge is 2.12. The molecule has 2 heterocycles. The van der Waals surface area contributed by atoms with Crippen LogP contribution in [0.15, 0.2) is 47.3 Å². The first-order chi connectivity index (χ1) is 14.2. The van der Waals surface area contributed by atoms with Crippen molar-refractivity contribution in [2.24, 2.45) is 0 Å². The van der Waals surface area contributed by atoms with E-state index in [0.29, 0.717) is 22.9 Å². The van der Waals surface area contributed by atoms with Crippen LogP contribution in [0.2, 0.25) is 0 Å². The van der Waals surface area contributed by atoms with Crippen molar-refractivity contribution in [3.8, 4) is 28.5 Å². The molecule has 1 aliphatic rings. The number of thiazole rings is 1. The molecule has 2 N–H and O–H groups in total. The van der Waals surface area contributed by atoms with Crippen molar-refractivity contribution in [3.63, 3.8) is 0 Å². The monoisotopic (exact) mass is 413 g/mol. The van der Waals surface area contributed by atoms with E-state index in [9.17, 15) is 0 Å². The van der Waals surface area contributed by atoms with Crippen LogP contribution in [0.4, 0.5) is 11.4 Å². The molecule has 154 valence electrons. The standard InChI is InChI=1S/C13H14N2S.C9H13NO3/c1-2-8-15(7-1)12-5-3-11(4-6-12)13-9-16-10-14-13;1-11-7-4-6(10)5-8(12-2)9(7)13-3/h3-6,9-10H,1-2,7-8H2;4-5H,10H2,1-3H3. The van der Waals surface area contributed by atoms with Crippen LogP contribution in [0.5, 0.6) is 17.2 Å². The Morgan fingerprint density at radius 1 is 0.931 bits per heavy atom. The molecule has 6 nitrogen and oxygen atoms in total. The van der Waals surface area contributed by atoms with Gasteiger partial charge < -0.3 is 24.8 Å². The van der Waals surface area contributed by atoms with Gasteiger partial charge in [0.25, 0.3) is 0 Å². The summed E-state index contributed by atoms with van der Waals surface area (Å²) in [6.07, 6.45) is 2.65. The van der Waals surface area contributed by atoms with E-state index in [4.69, 9.17) is 19.9 Å². The topological polar surface area (TPSA) is 69.8 Å². The second kappa shape index (κ2) is 10.0. The quantitative estimate of drug-likeness (QED) is 0.611. The number of nitrogens with two attached hydrogens (primary N) is 1. The SMILES string of the molecule is COc1cc(N)cc(OC)c1OC.c1nc(-c2ccc(N3CCCC3)cc2)cs1. The molecule has 0 radical (unpaired) electrons. The zero-order chi connectivity index (χ0) is 20.6. The first-order valence-corrected chi connectivity index (χ1v) is 10.4. The second-order valence-electron chi connectivity index (χ2n) is 6.57. The molecule has 1 aliphatic heterocycles. The molecule has 4 rings (SSSR count). The van der Waals surface area contributed by atoms with Crippen LogP contribution in [0.3, 0.4) is 0 Å². The maximum atomic E-state index is 5.62. The van der Waals surface area contributed by atoms with Gasteiger partial charge in [-0.05, 0) is 25.0 Å². The van der Waals surface area contributed by atoms with Crippen molar-refractivity contribution in [1.29, 1.82) is 0 Å². The van der Waals surface area contributed by atoms with Crippen LogP contribution in [0.1, 0.15) is 12.8 Å². The van der Waals surface area contributed by atoms with E-state index < -0.39 is 0 Å². The Kier molecular flexibility index (Phi) is 7.19. The zero-order valence-electron chi connectivity index (χ0n) is 17.1. The Balaban J connectivity index is 0.000000170. The molecule has 0 bridgehead atoms. The molecule has 0 saturated carbocycles. The zero-order valence-corrected chi connectivity index (χ0v) is 17.9. The minimum absolute atomic E-state index is 0.555.